The summed E-state index contributed by atoms with van der Waals surface area (Å²) < 4.78 is 1.73. The van der Waals surface area contributed by atoms with E-state index in [0.717, 1.165) is 25.8 Å². The van der Waals surface area contributed by atoms with E-state index in [-0.39, 0.29) is 0 Å². The Kier molecular flexibility index (Phi) is 4.08. The lowest BCUT2D eigenvalue weighted by molar-refractivity contribution is 0.461. The highest BCUT2D eigenvalue weighted by atomic mass is 15.3. The van der Waals surface area contributed by atoms with E-state index in [4.69, 9.17) is 5.73 Å². The van der Waals surface area contributed by atoms with Crippen LogP contribution in [0.2, 0.25) is 0 Å². The average molecular weight is 247 g/mol. The third-order valence-corrected chi connectivity index (χ3v) is 3.48. The number of nitriles is 1. The van der Waals surface area contributed by atoms with Crippen LogP contribution in [0.3, 0.4) is 0 Å². The van der Waals surface area contributed by atoms with Crippen LogP contribution in [0.5, 0.6) is 0 Å². The molecule has 0 aromatic carbocycles. The van der Waals surface area contributed by atoms with Crippen molar-refractivity contribution in [3.8, 4) is 6.07 Å². The number of aromatic nitrogens is 2. The van der Waals surface area contributed by atoms with Crippen LogP contribution in [0.15, 0.2) is 0 Å². The highest BCUT2D eigenvalue weighted by Crippen LogP contribution is 2.25. The third kappa shape index (κ3) is 2.58. The molecule has 0 atom stereocenters. The first kappa shape index (κ1) is 12.7. The van der Waals surface area contributed by atoms with Crippen molar-refractivity contribution in [1.82, 2.24) is 9.78 Å². The van der Waals surface area contributed by atoms with Crippen LogP contribution in [0.25, 0.3) is 0 Å². The fourth-order valence-electron chi connectivity index (χ4n) is 2.51. The summed E-state index contributed by atoms with van der Waals surface area (Å²) in [5.41, 5.74) is 6.44. The van der Waals surface area contributed by atoms with Gasteiger partial charge in [0.25, 0.3) is 0 Å². The summed E-state index contributed by atoms with van der Waals surface area (Å²) in [6, 6.07) is 2.60. The van der Waals surface area contributed by atoms with Crippen molar-refractivity contribution >= 4 is 11.6 Å². The maximum Gasteiger partial charge on any atom is 0.168 e. The minimum Gasteiger partial charge on any atom is -0.383 e. The molecule has 2 rings (SSSR count). The summed E-state index contributed by atoms with van der Waals surface area (Å²) in [5, 5.41) is 17.0. The molecule has 0 spiro atoms. The van der Waals surface area contributed by atoms with Gasteiger partial charge in [0, 0.05) is 12.6 Å². The number of rotatable bonds is 4. The first-order valence-electron chi connectivity index (χ1n) is 6.79. The summed E-state index contributed by atoms with van der Waals surface area (Å²) in [4.78, 5) is 0. The second kappa shape index (κ2) is 5.76. The lowest BCUT2D eigenvalue weighted by Crippen LogP contribution is -2.23. The van der Waals surface area contributed by atoms with Gasteiger partial charge in [-0.05, 0) is 19.3 Å². The maximum absolute atomic E-state index is 9.19. The number of hydrogen-bond acceptors (Lipinski definition) is 4. The molecule has 5 nitrogen and oxygen atoms in total. The quantitative estimate of drug-likeness (QED) is 0.856. The Morgan fingerprint density at radius 3 is 2.78 bits per heavy atom. The zero-order chi connectivity index (χ0) is 13.0. The molecule has 3 N–H and O–H groups in total. The van der Waals surface area contributed by atoms with Gasteiger partial charge in [0.1, 0.15) is 17.5 Å². The monoisotopic (exact) mass is 247 g/mol. The molecule has 1 aliphatic rings. The number of hydrogen-bond donors (Lipinski definition) is 2. The van der Waals surface area contributed by atoms with Gasteiger partial charge in [-0.1, -0.05) is 26.2 Å². The standard InChI is InChI=1S/C13H21N5/c1-2-8-18-12(15)11(9-14)13(17-18)16-10-6-4-3-5-7-10/h10H,2-8,15H2,1H3,(H,16,17). The van der Waals surface area contributed by atoms with Crippen molar-refractivity contribution in [2.75, 3.05) is 11.1 Å². The molecule has 1 fully saturated rings. The minimum absolute atomic E-state index is 0.440. The first-order chi connectivity index (χ1) is 8.76. The zero-order valence-corrected chi connectivity index (χ0v) is 10.9. The van der Waals surface area contributed by atoms with E-state index < -0.39 is 0 Å². The van der Waals surface area contributed by atoms with Gasteiger partial charge in [-0.3, -0.25) is 0 Å². The van der Waals surface area contributed by atoms with Gasteiger partial charge in [0.05, 0.1) is 0 Å². The van der Waals surface area contributed by atoms with Crippen molar-refractivity contribution in [2.45, 2.75) is 58.0 Å². The molecule has 5 heteroatoms. The summed E-state index contributed by atoms with van der Waals surface area (Å²) in [5.74, 6) is 1.15. The molecule has 18 heavy (non-hydrogen) atoms. The fourth-order valence-corrected chi connectivity index (χ4v) is 2.51. The van der Waals surface area contributed by atoms with Gasteiger partial charge in [0.2, 0.25) is 0 Å². The number of aryl methyl sites for hydroxylation is 1. The van der Waals surface area contributed by atoms with Crippen LogP contribution in [-0.4, -0.2) is 15.8 Å². The highest BCUT2D eigenvalue weighted by molar-refractivity contribution is 5.64. The molecule has 0 radical (unpaired) electrons. The van der Waals surface area contributed by atoms with E-state index in [1.54, 1.807) is 4.68 Å². The maximum atomic E-state index is 9.19. The van der Waals surface area contributed by atoms with Crippen molar-refractivity contribution in [3.05, 3.63) is 5.56 Å². The lowest BCUT2D eigenvalue weighted by atomic mass is 9.95. The molecule has 0 saturated heterocycles. The topological polar surface area (TPSA) is 79.7 Å². The molecule has 1 aromatic rings. The van der Waals surface area contributed by atoms with E-state index in [1.165, 1.54) is 19.3 Å². The van der Waals surface area contributed by atoms with Gasteiger partial charge in [-0.25, -0.2) is 4.68 Å². The van der Waals surface area contributed by atoms with E-state index in [1.807, 2.05) is 0 Å². The predicted octanol–water partition coefficient (Wildman–Crippen LogP) is 2.49. The van der Waals surface area contributed by atoms with Gasteiger partial charge in [0.15, 0.2) is 5.82 Å². The van der Waals surface area contributed by atoms with Crippen LogP contribution in [-0.2, 0) is 6.54 Å². The summed E-state index contributed by atoms with van der Waals surface area (Å²) in [7, 11) is 0. The number of nitrogens with two attached hydrogens (primary N) is 1. The van der Waals surface area contributed by atoms with Crippen LogP contribution in [0.4, 0.5) is 11.6 Å². The smallest absolute Gasteiger partial charge is 0.168 e. The van der Waals surface area contributed by atoms with Crippen LogP contribution in [0.1, 0.15) is 51.0 Å². The Balaban J connectivity index is 2.16. The lowest BCUT2D eigenvalue weighted by Gasteiger charge is -2.22. The minimum atomic E-state index is 0.440. The van der Waals surface area contributed by atoms with Crippen LogP contribution >= 0.6 is 0 Å². The Labute approximate surface area is 108 Å². The summed E-state index contributed by atoms with van der Waals surface area (Å²) in [6.45, 7) is 2.83. The fraction of sp³-hybridized carbons (Fsp3) is 0.692. The van der Waals surface area contributed by atoms with E-state index >= 15 is 0 Å². The van der Waals surface area contributed by atoms with Crippen LogP contribution < -0.4 is 11.1 Å². The first-order valence-corrected chi connectivity index (χ1v) is 6.79. The Hall–Kier alpha value is -1.70. The Bertz CT molecular complexity index is 437. The Morgan fingerprint density at radius 1 is 1.44 bits per heavy atom. The molecule has 1 heterocycles. The van der Waals surface area contributed by atoms with Crippen molar-refractivity contribution < 1.29 is 0 Å². The molecule has 1 aromatic heterocycles. The highest BCUT2D eigenvalue weighted by Gasteiger charge is 2.19. The summed E-state index contributed by atoms with van der Waals surface area (Å²) >= 11 is 0. The second-order valence-corrected chi connectivity index (χ2v) is 4.92. The molecule has 1 aliphatic carbocycles. The molecular formula is C13H21N5. The Morgan fingerprint density at radius 2 is 2.17 bits per heavy atom. The largest absolute Gasteiger partial charge is 0.383 e. The molecular weight excluding hydrogens is 226 g/mol. The predicted molar refractivity (Wildman–Crippen MR) is 72.1 cm³/mol. The molecule has 0 unspecified atom stereocenters. The third-order valence-electron chi connectivity index (χ3n) is 3.48. The number of anilines is 2. The SMILES string of the molecule is CCCn1nc(NC2CCCCC2)c(C#N)c1N. The molecule has 0 bridgehead atoms. The molecule has 0 amide bonds. The zero-order valence-electron chi connectivity index (χ0n) is 10.9. The molecule has 1 saturated carbocycles. The van der Waals surface area contributed by atoms with E-state index in [9.17, 15) is 5.26 Å². The number of nitrogens with one attached hydrogen (secondary N) is 1. The van der Waals surface area contributed by atoms with E-state index in [0.29, 0.717) is 23.2 Å². The van der Waals surface area contributed by atoms with E-state index in [2.05, 4.69) is 23.4 Å². The summed E-state index contributed by atoms with van der Waals surface area (Å²) in [6.07, 6.45) is 7.10. The average Bonchev–Trinajstić information content (AvgIpc) is 2.67. The van der Waals surface area contributed by atoms with Crippen molar-refractivity contribution in [2.24, 2.45) is 0 Å². The normalized spacial score (nSPS) is 16.4. The van der Waals surface area contributed by atoms with Gasteiger partial charge in [-0.15, -0.1) is 0 Å². The number of nitrogen functional groups attached to an aromatic ring is 1. The van der Waals surface area contributed by atoms with Crippen molar-refractivity contribution in [1.29, 1.82) is 5.26 Å². The van der Waals surface area contributed by atoms with Gasteiger partial charge >= 0.3 is 0 Å². The van der Waals surface area contributed by atoms with Crippen LogP contribution in [0, 0.1) is 11.3 Å². The molecule has 0 aliphatic heterocycles. The van der Waals surface area contributed by atoms with Gasteiger partial charge < -0.3 is 11.1 Å². The molecule has 98 valence electrons. The van der Waals surface area contributed by atoms with Crippen molar-refractivity contribution in [3.63, 3.8) is 0 Å². The number of nitrogens with zero attached hydrogens (tertiary/aromatic N) is 3. The van der Waals surface area contributed by atoms with Gasteiger partial charge in [-0.2, -0.15) is 10.4 Å². The second-order valence-electron chi connectivity index (χ2n) is 4.92.